The summed E-state index contributed by atoms with van der Waals surface area (Å²) in [6, 6.07) is -0.221. The van der Waals surface area contributed by atoms with Crippen molar-refractivity contribution in [2.75, 3.05) is 26.7 Å². The van der Waals surface area contributed by atoms with Gasteiger partial charge >= 0.3 is 12.0 Å². The summed E-state index contributed by atoms with van der Waals surface area (Å²) in [7, 11) is 2.03. The maximum atomic E-state index is 12.2. The number of likely N-dealkylation sites (tertiary alicyclic amines) is 1. The molecule has 1 aliphatic rings. The average molecular weight is 271 g/mol. The molecule has 0 aromatic carbocycles. The van der Waals surface area contributed by atoms with E-state index in [1.165, 1.54) is 4.90 Å². The number of piperidine rings is 1. The van der Waals surface area contributed by atoms with Crippen LogP contribution in [0.25, 0.3) is 0 Å². The van der Waals surface area contributed by atoms with Gasteiger partial charge in [0.05, 0.1) is 0 Å². The second kappa shape index (κ2) is 7.33. The molecule has 2 N–H and O–H groups in total. The molecule has 0 aromatic rings. The fraction of sp³-hybridized carbons (Fsp3) is 0.846. The molecule has 1 fully saturated rings. The number of likely N-dealkylation sites (N-methyl/N-ethyl adjacent to an activating group) is 1. The highest BCUT2D eigenvalue weighted by atomic mass is 16.4. The van der Waals surface area contributed by atoms with E-state index in [1.807, 2.05) is 20.9 Å². The molecule has 0 saturated carbocycles. The van der Waals surface area contributed by atoms with Gasteiger partial charge in [-0.15, -0.1) is 0 Å². The van der Waals surface area contributed by atoms with Crippen LogP contribution in [0.1, 0.15) is 33.1 Å². The Bertz CT molecular complexity index is 322. The zero-order chi connectivity index (χ0) is 14.4. The van der Waals surface area contributed by atoms with E-state index in [-0.39, 0.29) is 24.7 Å². The molecule has 2 atom stereocenters. The van der Waals surface area contributed by atoms with Gasteiger partial charge in [-0.3, -0.25) is 4.79 Å². The second-order valence-electron chi connectivity index (χ2n) is 5.33. The summed E-state index contributed by atoms with van der Waals surface area (Å²) in [6.07, 6.45) is 2.76. The van der Waals surface area contributed by atoms with Crippen molar-refractivity contribution in [2.45, 2.75) is 45.2 Å². The monoisotopic (exact) mass is 271 g/mol. The molecule has 0 radical (unpaired) electrons. The molecule has 2 amide bonds. The minimum atomic E-state index is -0.976. The SMILES string of the molecule is CCC(C)N(CC(=O)O)C(=O)NC1CCCN(C)C1. The summed E-state index contributed by atoms with van der Waals surface area (Å²) in [6.45, 7) is 5.45. The Kier molecular flexibility index (Phi) is 6.08. The number of aliphatic carboxylic acids is 1. The zero-order valence-electron chi connectivity index (χ0n) is 12.1. The van der Waals surface area contributed by atoms with Crippen LogP contribution in [0.4, 0.5) is 4.79 Å². The highest BCUT2D eigenvalue weighted by Crippen LogP contribution is 2.10. The van der Waals surface area contributed by atoms with E-state index < -0.39 is 5.97 Å². The highest BCUT2D eigenvalue weighted by Gasteiger charge is 2.25. The lowest BCUT2D eigenvalue weighted by molar-refractivity contribution is -0.138. The van der Waals surface area contributed by atoms with Gasteiger partial charge in [0.2, 0.25) is 0 Å². The molecular formula is C13H25N3O3. The van der Waals surface area contributed by atoms with E-state index >= 15 is 0 Å². The Labute approximate surface area is 114 Å². The highest BCUT2D eigenvalue weighted by molar-refractivity contribution is 5.80. The molecular weight excluding hydrogens is 246 g/mol. The zero-order valence-corrected chi connectivity index (χ0v) is 12.1. The molecule has 19 heavy (non-hydrogen) atoms. The predicted molar refractivity (Wildman–Crippen MR) is 73.1 cm³/mol. The van der Waals surface area contributed by atoms with Crippen molar-refractivity contribution in [1.29, 1.82) is 0 Å². The molecule has 0 spiro atoms. The standard InChI is InChI=1S/C13H25N3O3/c1-4-10(2)16(9-12(17)18)13(19)14-11-6-5-7-15(3)8-11/h10-11H,4-9H2,1-3H3,(H,14,19)(H,17,18). The van der Waals surface area contributed by atoms with Crippen molar-refractivity contribution >= 4 is 12.0 Å². The number of nitrogens with zero attached hydrogens (tertiary/aromatic N) is 2. The summed E-state index contributed by atoms with van der Waals surface area (Å²) in [4.78, 5) is 26.6. The van der Waals surface area contributed by atoms with Crippen LogP contribution in [0.5, 0.6) is 0 Å². The number of carboxylic acids is 1. The summed E-state index contributed by atoms with van der Waals surface area (Å²) < 4.78 is 0. The molecule has 6 nitrogen and oxygen atoms in total. The van der Waals surface area contributed by atoms with Crippen molar-refractivity contribution in [3.63, 3.8) is 0 Å². The largest absolute Gasteiger partial charge is 0.480 e. The Balaban J connectivity index is 2.57. The first-order chi connectivity index (χ1) is 8.93. The van der Waals surface area contributed by atoms with Gasteiger partial charge in [-0.05, 0) is 39.8 Å². The van der Waals surface area contributed by atoms with Crippen LogP contribution in [-0.2, 0) is 4.79 Å². The molecule has 1 saturated heterocycles. The lowest BCUT2D eigenvalue weighted by Gasteiger charge is -2.33. The molecule has 0 bridgehead atoms. The second-order valence-corrected chi connectivity index (χ2v) is 5.33. The third-order valence-corrected chi connectivity index (χ3v) is 3.64. The van der Waals surface area contributed by atoms with Gasteiger partial charge in [0, 0.05) is 18.6 Å². The number of amides is 2. The lowest BCUT2D eigenvalue weighted by atomic mass is 10.1. The smallest absolute Gasteiger partial charge is 0.323 e. The summed E-state index contributed by atoms with van der Waals surface area (Å²) >= 11 is 0. The summed E-state index contributed by atoms with van der Waals surface area (Å²) in [5, 5.41) is 11.8. The van der Waals surface area contributed by atoms with Crippen LogP contribution in [-0.4, -0.2) is 65.7 Å². The molecule has 2 unspecified atom stereocenters. The van der Waals surface area contributed by atoms with Crippen LogP contribution in [0.3, 0.4) is 0 Å². The van der Waals surface area contributed by atoms with Crippen molar-refractivity contribution in [3.8, 4) is 0 Å². The van der Waals surface area contributed by atoms with Crippen molar-refractivity contribution in [1.82, 2.24) is 15.1 Å². The Morgan fingerprint density at radius 1 is 1.53 bits per heavy atom. The Morgan fingerprint density at radius 3 is 2.74 bits per heavy atom. The number of hydrogen-bond acceptors (Lipinski definition) is 3. The Hall–Kier alpha value is -1.30. The quantitative estimate of drug-likeness (QED) is 0.781. The number of carbonyl (C=O) groups excluding carboxylic acids is 1. The number of rotatable bonds is 5. The van der Waals surface area contributed by atoms with E-state index in [4.69, 9.17) is 5.11 Å². The fourth-order valence-corrected chi connectivity index (χ4v) is 2.34. The van der Waals surface area contributed by atoms with E-state index in [0.717, 1.165) is 32.4 Å². The van der Waals surface area contributed by atoms with E-state index in [1.54, 1.807) is 0 Å². The van der Waals surface area contributed by atoms with Crippen LogP contribution in [0, 0.1) is 0 Å². The first-order valence-corrected chi connectivity index (χ1v) is 6.91. The van der Waals surface area contributed by atoms with Crippen molar-refractivity contribution in [3.05, 3.63) is 0 Å². The lowest BCUT2D eigenvalue weighted by Crippen LogP contribution is -2.53. The normalized spacial score (nSPS) is 21.7. The third kappa shape index (κ3) is 5.06. The molecule has 1 rings (SSSR count). The molecule has 1 aliphatic heterocycles. The van der Waals surface area contributed by atoms with Crippen LogP contribution in [0.15, 0.2) is 0 Å². The van der Waals surface area contributed by atoms with Gasteiger partial charge < -0.3 is 20.2 Å². The van der Waals surface area contributed by atoms with Crippen molar-refractivity contribution < 1.29 is 14.7 Å². The Morgan fingerprint density at radius 2 is 2.21 bits per heavy atom. The van der Waals surface area contributed by atoms with Gasteiger partial charge in [0.15, 0.2) is 0 Å². The summed E-state index contributed by atoms with van der Waals surface area (Å²) in [5.74, 6) is -0.976. The maximum Gasteiger partial charge on any atom is 0.323 e. The molecule has 110 valence electrons. The van der Waals surface area contributed by atoms with Crippen LogP contribution >= 0.6 is 0 Å². The van der Waals surface area contributed by atoms with Gasteiger partial charge in [-0.25, -0.2) is 4.79 Å². The number of nitrogens with one attached hydrogen (secondary N) is 1. The topological polar surface area (TPSA) is 72.9 Å². The van der Waals surface area contributed by atoms with Crippen molar-refractivity contribution in [2.24, 2.45) is 0 Å². The van der Waals surface area contributed by atoms with Crippen LogP contribution < -0.4 is 5.32 Å². The molecule has 1 heterocycles. The first-order valence-electron chi connectivity index (χ1n) is 6.91. The fourth-order valence-electron chi connectivity index (χ4n) is 2.34. The molecule has 6 heteroatoms. The van der Waals surface area contributed by atoms with Gasteiger partial charge in [0.25, 0.3) is 0 Å². The maximum absolute atomic E-state index is 12.2. The molecule has 0 aromatic heterocycles. The van der Waals surface area contributed by atoms with Gasteiger partial charge in [0.1, 0.15) is 6.54 Å². The predicted octanol–water partition coefficient (Wildman–Crippen LogP) is 0.975. The van der Waals surface area contributed by atoms with E-state index in [2.05, 4.69) is 10.2 Å². The van der Waals surface area contributed by atoms with E-state index in [9.17, 15) is 9.59 Å². The van der Waals surface area contributed by atoms with Crippen LogP contribution in [0.2, 0.25) is 0 Å². The number of urea groups is 1. The molecule has 0 aliphatic carbocycles. The average Bonchev–Trinajstić information content (AvgIpc) is 2.34. The number of carbonyl (C=O) groups is 2. The van der Waals surface area contributed by atoms with Gasteiger partial charge in [-0.2, -0.15) is 0 Å². The first kappa shape index (κ1) is 15.8. The number of carboxylic acid groups (broad SMARTS) is 1. The number of hydrogen-bond donors (Lipinski definition) is 2. The van der Waals surface area contributed by atoms with E-state index in [0.29, 0.717) is 0 Å². The minimum Gasteiger partial charge on any atom is -0.480 e. The minimum absolute atomic E-state index is 0.0718. The summed E-state index contributed by atoms with van der Waals surface area (Å²) in [5.41, 5.74) is 0. The third-order valence-electron chi connectivity index (χ3n) is 3.64. The van der Waals surface area contributed by atoms with Gasteiger partial charge in [-0.1, -0.05) is 6.92 Å².